The molecule has 3 N–H and O–H groups in total. The predicted molar refractivity (Wildman–Crippen MR) is 67.6 cm³/mol. The Bertz CT molecular complexity index is 381. The van der Waals surface area contributed by atoms with E-state index in [1.54, 1.807) is 0 Å². The van der Waals surface area contributed by atoms with Gasteiger partial charge in [0.25, 0.3) is 0 Å². The van der Waals surface area contributed by atoms with E-state index >= 15 is 0 Å². The van der Waals surface area contributed by atoms with Gasteiger partial charge in [-0.2, -0.15) is 0 Å². The predicted octanol–water partition coefficient (Wildman–Crippen LogP) is 1.38. The number of carboxylic acid groups (broad SMARTS) is 1. The first-order valence-electron chi connectivity index (χ1n) is 5.99. The van der Waals surface area contributed by atoms with Crippen molar-refractivity contribution in [2.24, 2.45) is 5.92 Å². The molecule has 1 aromatic heterocycles. The summed E-state index contributed by atoms with van der Waals surface area (Å²) in [4.78, 5) is 18.4. The molecular weight excluding hydrogens is 234 g/mol. The van der Waals surface area contributed by atoms with Gasteiger partial charge in [-0.1, -0.05) is 13.8 Å². The molecule has 6 nitrogen and oxygen atoms in total. The molecule has 0 aliphatic carbocycles. The molecule has 100 valence electrons. The van der Waals surface area contributed by atoms with Gasteiger partial charge in [-0.05, 0) is 18.8 Å². The number of carboxylic acids is 1. The largest absolute Gasteiger partial charge is 0.476 e. The summed E-state index contributed by atoms with van der Waals surface area (Å²) in [5.74, 6) is -0.319. The highest BCUT2D eigenvalue weighted by atomic mass is 16.4. The Morgan fingerprint density at radius 3 is 2.61 bits per heavy atom. The van der Waals surface area contributed by atoms with E-state index in [0.29, 0.717) is 5.82 Å². The van der Waals surface area contributed by atoms with E-state index in [9.17, 15) is 4.79 Å². The Labute approximate surface area is 106 Å². The number of aromatic nitrogens is 2. The van der Waals surface area contributed by atoms with Crippen LogP contribution < -0.4 is 5.32 Å². The first kappa shape index (κ1) is 14.4. The average molecular weight is 253 g/mol. The van der Waals surface area contributed by atoms with Gasteiger partial charge in [-0.15, -0.1) is 0 Å². The topological polar surface area (TPSA) is 95.3 Å². The molecule has 0 radical (unpaired) electrons. The van der Waals surface area contributed by atoms with Gasteiger partial charge in [0.15, 0.2) is 5.69 Å². The van der Waals surface area contributed by atoms with Crippen LogP contribution in [0, 0.1) is 5.92 Å². The fourth-order valence-electron chi connectivity index (χ4n) is 1.61. The van der Waals surface area contributed by atoms with Gasteiger partial charge in [0, 0.05) is 12.6 Å². The molecule has 1 heterocycles. The van der Waals surface area contributed by atoms with Gasteiger partial charge in [0.05, 0.1) is 12.4 Å². The van der Waals surface area contributed by atoms with E-state index in [0.717, 1.165) is 12.8 Å². The number of hydrogen-bond acceptors (Lipinski definition) is 5. The number of carbonyl (C=O) groups is 1. The molecule has 0 aromatic carbocycles. The van der Waals surface area contributed by atoms with Crippen LogP contribution in [0.5, 0.6) is 0 Å². The number of anilines is 1. The molecular formula is C12H19N3O3. The Balaban J connectivity index is 2.61. The van der Waals surface area contributed by atoms with Crippen LogP contribution in [0.15, 0.2) is 12.4 Å². The minimum atomic E-state index is -1.09. The number of aromatic carboxylic acids is 1. The Hall–Kier alpha value is -1.69. The maximum absolute atomic E-state index is 10.6. The number of aliphatic hydroxyl groups is 1. The molecule has 1 rings (SSSR count). The number of rotatable bonds is 7. The maximum atomic E-state index is 10.6. The van der Waals surface area contributed by atoms with Crippen molar-refractivity contribution >= 4 is 11.8 Å². The molecule has 0 saturated heterocycles. The number of aliphatic hydroxyl groups excluding tert-OH is 1. The molecule has 0 amide bonds. The fourth-order valence-corrected chi connectivity index (χ4v) is 1.61. The lowest BCUT2D eigenvalue weighted by Crippen LogP contribution is -2.23. The number of hydrogen-bond donors (Lipinski definition) is 3. The number of nitrogens with one attached hydrogen (secondary N) is 1. The highest BCUT2D eigenvalue weighted by molar-refractivity contribution is 5.84. The molecule has 6 heteroatoms. The maximum Gasteiger partial charge on any atom is 0.356 e. The standard InChI is InChI=1S/C12H19N3O3/c1-3-9(4-8(2)7-16)15-11-6-13-10(5-14-11)12(17)18/h5-6,8-9,16H,3-4,7H2,1-2H3,(H,14,15)(H,17,18). The summed E-state index contributed by atoms with van der Waals surface area (Å²) in [6.07, 6.45) is 4.37. The van der Waals surface area contributed by atoms with Crippen molar-refractivity contribution in [2.75, 3.05) is 11.9 Å². The van der Waals surface area contributed by atoms with Crippen molar-refractivity contribution in [3.05, 3.63) is 18.1 Å². The quantitative estimate of drug-likeness (QED) is 0.679. The Morgan fingerprint density at radius 1 is 1.44 bits per heavy atom. The van der Waals surface area contributed by atoms with E-state index in [1.807, 2.05) is 13.8 Å². The van der Waals surface area contributed by atoms with Crippen LogP contribution in [0.3, 0.4) is 0 Å². The molecule has 0 fully saturated rings. The number of nitrogens with zero attached hydrogens (tertiary/aromatic N) is 2. The third-order valence-corrected chi connectivity index (χ3v) is 2.71. The summed E-state index contributed by atoms with van der Waals surface area (Å²) in [5, 5.41) is 20.9. The van der Waals surface area contributed by atoms with Crippen LogP contribution in [0.1, 0.15) is 37.2 Å². The lowest BCUT2D eigenvalue weighted by Gasteiger charge is -2.20. The second-order valence-electron chi connectivity index (χ2n) is 4.36. The zero-order valence-electron chi connectivity index (χ0n) is 10.6. The monoisotopic (exact) mass is 253 g/mol. The second-order valence-corrected chi connectivity index (χ2v) is 4.36. The zero-order valence-corrected chi connectivity index (χ0v) is 10.6. The van der Waals surface area contributed by atoms with Crippen LogP contribution in [0.4, 0.5) is 5.82 Å². The van der Waals surface area contributed by atoms with Crippen molar-refractivity contribution in [1.82, 2.24) is 9.97 Å². The molecule has 1 aromatic rings. The smallest absolute Gasteiger partial charge is 0.356 e. The van der Waals surface area contributed by atoms with Crippen molar-refractivity contribution in [1.29, 1.82) is 0 Å². The first-order valence-corrected chi connectivity index (χ1v) is 5.99. The van der Waals surface area contributed by atoms with Crippen molar-refractivity contribution in [2.45, 2.75) is 32.7 Å². The summed E-state index contributed by atoms with van der Waals surface area (Å²) in [5.41, 5.74) is -0.0719. The normalized spacial score (nSPS) is 13.9. The summed E-state index contributed by atoms with van der Waals surface area (Å²) in [7, 11) is 0. The Morgan fingerprint density at radius 2 is 2.17 bits per heavy atom. The van der Waals surface area contributed by atoms with Crippen LogP contribution in [0.25, 0.3) is 0 Å². The zero-order chi connectivity index (χ0) is 13.5. The van der Waals surface area contributed by atoms with Crippen molar-refractivity contribution in [3.8, 4) is 0 Å². The molecule has 0 aliphatic rings. The van der Waals surface area contributed by atoms with Gasteiger partial charge in [0.1, 0.15) is 5.82 Å². The Kier molecular flexibility index (Phi) is 5.51. The first-order chi connectivity index (χ1) is 8.56. The van der Waals surface area contributed by atoms with Crippen LogP contribution in [-0.2, 0) is 0 Å². The highest BCUT2D eigenvalue weighted by Crippen LogP contribution is 2.13. The molecule has 0 saturated carbocycles. The lowest BCUT2D eigenvalue weighted by atomic mass is 10.0. The van der Waals surface area contributed by atoms with Crippen LogP contribution in [0.2, 0.25) is 0 Å². The van der Waals surface area contributed by atoms with Gasteiger partial charge in [0.2, 0.25) is 0 Å². The van der Waals surface area contributed by atoms with Crippen LogP contribution >= 0.6 is 0 Å². The average Bonchev–Trinajstić information content (AvgIpc) is 2.38. The fraction of sp³-hybridized carbons (Fsp3) is 0.583. The molecule has 2 unspecified atom stereocenters. The van der Waals surface area contributed by atoms with E-state index in [1.165, 1.54) is 12.4 Å². The van der Waals surface area contributed by atoms with Gasteiger partial charge in [-0.3, -0.25) is 0 Å². The van der Waals surface area contributed by atoms with Gasteiger partial charge in [-0.25, -0.2) is 14.8 Å². The summed E-state index contributed by atoms with van der Waals surface area (Å²) >= 11 is 0. The summed E-state index contributed by atoms with van der Waals surface area (Å²) < 4.78 is 0. The third-order valence-electron chi connectivity index (χ3n) is 2.71. The van der Waals surface area contributed by atoms with E-state index in [-0.39, 0.29) is 24.3 Å². The van der Waals surface area contributed by atoms with E-state index < -0.39 is 5.97 Å². The summed E-state index contributed by atoms with van der Waals surface area (Å²) in [6.45, 7) is 4.17. The van der Waals surface area contributed by atoms with Crippen molar-refractivity contribution < 1.29 is 15.0 Å². The minimum Gasteiger partial charge on any atom is -0.476 e. The molecule has 0 aliphatic heterocycles. The summed E-state index contributed by atoms with van der Waals surface area (Å²) in [6, 6.07) is 0.192. The van der Waals surface area contributed by atoms with E-state index in [4.69, 9.17) is 10.2 Å². The molecule has 0 bridgehead atoms. The van der Waals surface area contributed by atoms with Crippen LogP contribution in [-0.4, -0.2) is 38.8 Å². The third kappa shape index (κ3) is 4.29. The van der Waals surface area contributed by atoms with E-state index in [2.05, 4.69) is 15.3 Å². The highest BCUT2D eigenvalue weighted by Gasteiger charge is 2.12. The van der Waals surface area contributed by atoms with Gasteiger partial charge >= 0.3 is 5.97 Å². The van der Waals surface area contributed by atoms with Gasteiger partial charge < -0.3 is 15.5 Å². The SMILES string of the molecule is CCC(CC(C)CO)Nc1cnc(C(=O)O)cn1. The molecule has 0 spiro atoms. The van der Waals surface area contributed by atoms with Crippen molar-refractivity contribution in [3.63, 3.8) is 0 Å². The molecule has 2 atom stereocenters. The second kappa shape index (κ2) is 6.90. The minimum absolute atomic E-state index is 0.0719. The lowest BCUT2D eigenvalue weighted by molar-refractivity contribution is 0.0690. The molecule has 18 heavy (non-hydrogen) atoms.